The van der Waals surface area contributed by atoms with E-state index in [0.717, 1.165) is 22.6 Å². The smallest absolute Gasteiger partial charge is 0.234 e. The molecular formula is C25H23ClN4O2S. The molecule has 1 N–H and O–H groups in total. The van der Waals surface area contributed by atoms with Crippen molar-refractivity contribution in [2.24, 2.45) is 0 Å². The highest BCUT2D eigenvalue weighted by atomic mass is 35.5. The van der Waals surface area contributed by atoms with Crippen molar-refractivity contribution in [3.05, 3.63) is 82.9 Å². The number of ether oxygens (including phenoxy) is 1. The van der Waals surface area contributed by atoms with E-state index in [1.165, 1.54) is 17.3 Å². The van der Waals surface area contributed by atoms with Crippen LogP contribution in [0.4, 0.5) is 5.69 Å². The second-order valence-electron chi connectivity index (χ2n) is 7.53. The van der Waals surface area contributed by atoms with Crippen LogP contribution in [0.5, 0.6) is 5.75 Å². The highest BCUT2D eigenvalue weighted by Crippen LogP contribution is 2.30. The van der Waals surface area contributed by atoms with Gasteiger partial charge >= 0.3 is 0 Å². The zero-order valence-electron chi connectivity index (χ0n) is 18.5. The summed E-state index contributed by atoms with van der Waals surface area (Å²) in [6.45, 7) is 4.09. The monoisotopic (exact) mass is 478 g/mol. The second kappa shape index (κ2) is 10.1. The molecule has 0 spiro atoms. The molecule has 33 heavy (non-hydrogen) atoms. The van der Waals surface area contributed by atoms with Gasteiger partial charge in [0.1, 0.15) is 5.75 Å². The van der Waals surface area contributed by atoms with Crippen LogP contribution in [0, 0.1) is 13.8 Å². The Morgan fingerprint density at radius 1 is 1.00 bits per heavy atom. The third-order valence-corrected chi connectivity index (χ3v) is 6.23. The van der Waals surface area contributed by atoms with Gasteiger partial charge in [0, 0.05) is 16.9 Å². The lowest BCUT2D eigenvalue weighted by Gasteiger charge is -2.11. The van der Waals surface area contributed by atoms with Crippen LogP contribution in [0.25, 0.3) is 17.1 Å². The quantitative estimate of drug-likeness (QED) is 0.333. The van der Waals surface area contributed by atoms with Crippen molar-refractivity contribution in [2.45, 2.75) is 19.0 Å². The molecule has 0 unspecified atom stereocenters. The average molecular weight is 479 g/mol. The zero-order chi connectivity index (χ0) is 23.4. The number of hydrogen-bond donors (Lipinski definition) is 1. The summed E-state index contributed by atoms with van der Waals surface area (Å²) in [6, 6.07) is 21.4. The van der Waals surface area contributed by atoms with Crippen molar-refractivity contribution in [3.8, 4) is 22.8 Å². The summed E-state index contributed by atoms with van der Waals surface area (Å²) in [7, 11) is 1.55. The van der Waals surface area contributed by atoms with Crippen LogP contribution in [0.15, 0.2) is 71.9 Å². The van der Waals surface area contributed by atoms with Crippen molar-refractivity contribution in [1.82, 2.24) is 14.8 Å². The summed E-state index contributed by atoms with van der Waals surface area (Å²) >= 11 is 7.48. The average Bonchev–Trinajstić information content (AvgIpc) is 3.23. The van der Waals surface area contributed by atoms with Crippen molar-refractivity contribution >= 4 is 35.0 Å². The molecule has 4 rings (SSSR count). The second-order valence-corrected chi connectivity index (χ2v) is 8.88. The molecule has 0 bridgehead atoms. The number of aryl methyl sites for hydroxylation is 2. The first-order valence-electron chi connectivity index (χ1n) is 10.3. The third-order valence-electron chi connectivity index (χ3n) is 5.00. The van der Waals surface area contributed by atoms with Gasteiger partial charge in [0.25, 0.3) is 0 Å². The van der Waals surface area contributed by atoms with Gasteiger partial charge in [-0.3, -0.25) is 9.36 Å². The Bertz CT molecular complexity index is 1270. The van der Waals surface area contributed by atoms with E-state index in [1.807, 2.05) is 66.9 Å². The molecule has 168 valence electrons. The number of benzene rings is 3. The molecule has 0 aliphatic carbocycles. The van der Waals surface area contributed by atoms with E-state index in [0.29, 0.717) is 21.6 Å². The minimum Gasteiger partial charge on any atom is -0.495 e. The molecule has 0 aliphatic heterocycles. The molecule has 0 saturated carbocycles. The van der Waals surface area contributed by atoms with E-state index < -0.39 is 0 Å². The first-order valence-corrected chi connectivity index (χ1v) is 11.7. The summed E-state index contributed by atoms with van der Waals surface area (Å²) in [6.07, 6.45) is 0. The lowest BCUT2D eigenvalue weighted by atomic mass is 10.1. The number of carbonyl (C=O) groups excluding carboxylic acids is 1. The molecule has 6 nitrogen and oxygen atoms in total. The fraction of sp³-hybridized carbons (Fsp3) is 0.160. The number of carbonyl (C=O) groups is 1. The SMILES string of the molecule is COc1ccc(NC(=O)CSc2nnc(-c3ccc(C)cc3)n2-c2ccc(C)cc2)cc1Cl. The molecule has 0 aliphatic rings. The topological polar surface area (TPSA) is 69.0 Å². The van der Waals surface area contributed by atoms with Gasteiger partial charge in [0.2, 0.25) is 5.91 Å². The Morgan fingerprint density at radius 2 is 1.67 bits per heavy atom. The van der Waals surface area contributed by atoms with E-state index in [-0.39, 0.29) is 11.7 Å². The minimum absolute atomic E-state index is 0.168. The van der Waals surface area contributed by atoms with Crippen molar-refractivity contribution < 1.29 is 9.53 Å². The fourth-order valence-electron chi connectivity index (χ4n) is 3.25. The van der Waals surface area contributed by atoms with Crippen LogP contribution in [-0.2, 0) is 4.79 Å². The number of anilines is 1. The van der Waals surface area contributed by atoms with E-state index in [9.17, 15) is 4.79 Å². The maximum absolute atomic E-state index is 12.6. The molecule has 4 aromatic rings. The highest BCUT2D eigenvalue weighted by molar-refractivity contribution is 7.99. The number of rotatable bonds is 7. The lowest BCUT2D eigenvalue weighted by molar-refractivity contribution is -0.113. The van der Waals surface area contributed by atoms with Crippen LogP contribution in [-0.4, -0.2) is 33.5 Å². The summed E-state index contributed by atoms with van der Waals surface area (Å²) < 4.78 is 7.13. The number of thioether (sulfide) groups is 1. The number of halogens is 1. The Labute approximate surface area is 202 Å². The first kappa shape index (κ1) is 22.9. The highest BCUT2D eigenvalue weighted by Gasteiger charge is 2.17. The molecular weight excluding hydrogens is 456 g/mol. The minimum atomic E-state index is -0.170. The van der Waals surface area contributed by atoms with Gasteiger partial charge in [0.15, 0.2) is 11.0 Å². The molecule has 0 atom stereocenters. The normalized spacial score (nSPS) is 10.8. The van der Waals surface area contributed by atoms with E-state index in [2.05, 4.69) is 15.5 Å². The molecule has 0 radical (unpaired) electrons. The number of nitrogens with one attached hydrogen (secondary N) is 1. The van der Waals surface area contributed by atoms with Gasteiger partial charge in [-0.05, 0) is 44.2 Å². The summed E-state index contributed by atoms with van der Waals surface area (Å²) in [5.74, 6) is 1.28. The third kappa shape index (κ3) is 5.38. The van der Waals surface area contributed by atoms with Gasteiger partial charge in [-0.1, -0.05) is 70.9 Å². The standard InChI is InChI=1S/C25H23ClN4O2S/c1-16-4-8-18(9-5-16)24-28-29-25(30(24)20-11-6-17(2)7-12-20)33-15-23(31)27-19-10-13-22(32-3)21(26)14-19/h4-14H,15H2,1-3H3,(H,27,31). The van der Waals surface area contributed by atoms with Crippen LogP contribution in [0.3, 0.4) is 0 Å². The summed E-state index contributed by atoms with van der Waals surface area (Å²) in [4.78, 5) is 12.6. The predicted molar refractivity (Wildman–Crippen MR) is 134 cm³/mol. The molecule has 1 amide bonds. The van der Waals surface area contributed by atoms with Gasteiger partial charge in [-0.2, -0.15) is 0 Å². The number of hydrogen-bond acceptors (Lipinski definition) is 5. The van der Waals surface area contributed by atoms with Crippen LogP contribution in [0.1, 0.15) is 11.1 Å². The molecule has 0 fully saturated rings. The van der Waals surface area contributed by atoms with Gasteiger partial charge in [-0.25, -0.2) is 0 Å². The number of amides is 1. The Balaban J connectivity index is 1.57. The predicted octanol–water partition coefficient (Wildman–Crippen LogP) is 5.94. The Hall–Kier alpha value is -3.29. The lowest BCUT2D eigenvalue weighted by Crippen LogP contribution is -2.14. The first-order chi connectivity index (χ1) is 15.9. The van der Waals surface area contributed by atoms with Crippen LogP contribution < -0.4 is 10.1 Å². The molecule has 0 saturated heterocycles. The van der Waals surface area contributed by atoms with Crippen LogP contribution >= 0.6 is 23.4 Å². The van der Waals surface area contributed by atoms with Crippen molar-refractivity contribution in [2.75, 3.05) is 18.2 Å². The van der Waals surface area contributed by atoms with Crippen molar-refractivity contribution in [1.29, 1.82) is 0 Å². The fourth-order valence-corrected chi connectivity index (χ4v) is 4.26. The van der Waals surface area contributed by atoms with Gasteiger partial charge in [-0.15, -0.1) is 10.2 Å². The maximum atomic E-state index is 12.6. The molecule has 1 heterocycles. The Kier molecular flexibility index (Phi) is 7.01. The maximum Gasteiger partial charge on any atom is 0.234 e. The number of nitrogens with zero attached hydrogens (tertiary/aromatic N) is 3. The summed E-state index contributed by atoms with van der Waals surface area (Å²) in [5.41, 5.74) is 4.83. The Morgan fingerprint density at radius 3 is 2.30 bits per heavy atom. The molecule has 8 heteroatoms. The van der Waals surface area contributed by atoms with E-state index >= 15 is 0 Å². The van der Waals surface area contributed by atoms with Gasteiger partial charge in [0.05, 0.1) is 17.9 Å². The van der Waals surface area contributed by atoms with E-state index in [1.54, 1.807) is 25.3 Å². The zero-order valence-corrected chi connectivity index (χ0v) is 20.1. The largest absolute Gasteiger partial charge is 0.495 e. The molecule has 3 aromatic carbocycles. The number of methoxy groups -OCH3 is 1. The molecule has 1 aromatic heterocycles. The summed E-state index contributed by atoms with van der Waals surface area (Å²) in [5, 5.41) is 12.8. The van der Waals surface area contributed by atoms with Gasteiger partial charge < -0.3 is 10.1 Å². The van der Waals surface area contributed by atoms with Crippen LogP contribution in [0.2, 0.25) is 5.02 Å². The number of aromatic nitrogens is 3. The van der Waals surface area contributed by atoms with E-state index in [4.69, 9.17) is 16.3 Å². The van der Waals surface area contributed by atoms with Crippen molar-refractivity contribution in [3.63, 3.8) is 0 Å².